The molecule has 19 heavy (non-hydrogen) atoms. The molecule has 0 saturated heterocycles. The van der Waals surface area contributed by atoms with Gasteiger partial charge in [-0.3, -0.25) is 0 Å². The van der Waals surface area contributed by atoms with E-state index in [2.05, 4.69) is 5.32 Å². The van der Waals surface area contributed by atoms with Crippen molar-refractivity contribution in [2.45, 2.75) is 12.3 Å². The maximum atomic E-state index is 13.1. The molecule has 0 aliphatic carbocycles. The molecule has 1 aromatic carbocycles. The third-order valence-corrected chi connectivity index (χ3v) is 2.45. The first-order chi connectivity index (χ1) is 8.84. The largest absolute Gasteiger partial charge is 0.416 e. The number of rotatable bonds is 6. The molecule has 0 spiro atoms. The second-order valence-corrected chi connectivity index (χ2v) is 3.98. The van der Waals surface area contributed by atoms with Gasteiger partial charge in [0.2, 0.25) is 0 Å². The Hall–Kier alpha value is -1.18. The van der Waals surface area contributed by atoms with Gasteiger partial charge < -0.3 is 15.2 Å². The Morgan fingerprint density at radius 1 is 1.32 bits per heavy atom. The molecule has 1 atom stereocenters. The molecule has 108 valence electrons. The van der Waals surface area contributed by atoms with E-state index in [0.717, 1.165) is 12.1 Å². The highest BCUT2D eigenvalue weighted by Gasteiger charge is 2.31. The molecule has 0 fully saturated rings. The van der Waals surface area contributed by atoms with Crippen molar-refractivity contribution in [3.8, 4) is 0 Å². The third-order valence-electron chi connectivity index (χ3n) is 2.45. The highest BCUT2D eigenvalue weighted by atomic mass is 19.4. The van der Waals surface area contributed by atoms with Crippen molar-refractivity contribution in [1.82, 2.24) is 5.32 Å². The van der Waals surface area contributed by atoms with E-state index in [1.807, 2.05) is 0 Å². The lowest BCUT2D eigenvalue weighted by Gasteiger charge is -2.14. The number of halogens is 4. The summed E-state index contributed by atoms with van der Waals surface area (Å²) in [5.74, 6) is -1.03. The van der Waals surface area contributed by atoms with Gasteiger partial charge in [0, 0.05) is 20.2 Å². The van der Waals surface area contributed by atoms with Gasteiger partial charge in [0.15, 0.2) is 0 Å². The topological polar surface area (TPSA) is 41.5 Å². The lowest BCUT2D eigenvalue weighted by Crippen LogP contribution is -2.25. The number of aliphatic hydroxyl groups excluding tert-OH is 1. The zero-order chi connectivity index (χ0) is 14.5. The van der Waals surface area contributed by atoms with E-state index >= 15 is 0 Å². The first-order valence-corrected chi connectivity index (χ1v) is 5.60. The quantitative estimate of drug-likeness (QED) is 0.620. The molecule has 7 heteroatoms. The van der Waals surface area contributed by atoms with Crippen molar-refractivity contribution in [3.63, 3.8) is 0 Å². The van der Waals surface area contributed by atoms with Crippen molar-refractivity contribution >= 4 is 0 Å². The highest BCUT2D eigenvalue weighted by Crippen LogP contribution is 2.31. The summed E-state index contributed by atoms with van der Waals surface area (Å²) in [7, 11) is 1.50. The van der Waals surface area contributed by atoms with Crippen LogP contribution in [0, 0.1) is 5.82 Å². The molecule has 0 aliphatic rings. The SMILES string of the molecule is COCCNCC(O)c1cc(F)cc(C(F)(F)F)c1. The maximum absolute atomic E-state index is 13.1. The van der Waals surface area contributed by atoms with Crippen molar-refractivity contribution in [2.75, 3.05) is 26.8 Å². The zero-order valence-electron chi connectivity index (χ0n) is 10.3. The van der Waals surface area contributed by atoms with Crippen LogP contribution < -0.4 is 5.32 Å². The minimum atomic E-state index is -4.64. The molecule has 0 amide bonds. The van der Waals surface area contributed by atoms with Crippen LogP contribution in [0.5, 0.6) is 0 Å². The fraction of sp³-hybridized carbons (Fsp3) is 0.500. The average molecular weight is 281 g/mol. The van der Waals surface area contributed by atoms with Crippen molar-refractivity contribution < 1.29 is 27.4 Å². The van der Waals surface area contributed by atoms with E-state index in [1.54, 1.807) is 0 Å². The van der Waals surface area contributed by atoms with Crippen LogP contribution in [0.3, 0.4) is 0 Å². The predicted octanol–water partition coefficient (Wildman–Crippen LogP) is 2.11. The molecular weight excluding hydrogens is 266 g/mol. The van der Waals surface area contributed by atoms with Crippen LogP contribution in [0.25, 0.3) is 0 Å². The fourth-order valence-corrected chi connectivity index (χ4v) is 1.50. The smallest absolute Gasteiger partial charge is 0.387 e. The lowest BCUT2D eigenvalue weighted by atomic mass is 10.1. The summed E-state index contributed by atoms with van der Waals surface area (Å²) >= 11 is 0. The maximum Gasteiger partial charge on any atom is 0.416 e. The first-order valence-electron chi connectivity index (χ1n) is 5.60. The van der Waals surface area contributed by atoms with E-state index in [0.29, 0.717) is 19.2 Å². The Morgan fingerprint density at radius 2 is 2.00 bits per heavy atom. The van der Waals surface area contributed by atoms with E-state index in [-0.39, 0.29) is 12.1 Å². The molecular formula is C12H15F4NO2. The number of aliphatic hydroxyl groups is 1. The van der Waals surface area contributed by atoms with Crippen LogP contribution in [0.4, 0.5) is 17.6 Å². The lowest BCUT2D eigenvalue weighted by molar-refractivity contribution is -0.137. The van der Waals surface area contributed by atoms with Gasteiger partial charge in [-0.05, 0) is 23.8 Å². The standard InChI is InChI=1S/C12H15F4NO2/c1-19-3-2-17-7-11(18)8-4-9(12(14,15)16)6-10(13)5-8/h4-6,11,17-18H,2-3,7H2,1H3. The Morgan fingerprint density at radius 3 is 2.58 bits per heavy atom. The van der Waals surface area contributed by atoms with Gasteiger partial charge in [0.1, 0.15) is 5.82 Å². The summed E-state index contributed by atoms with van der Waals surface area (Å²) in [6.45, 7) is 0.864. The minimum Gasteiger partial charge on any atom is -0.387 e. The van der Waals surface area contributed by atoms with Crippen molar-refractivity contribution in [1.29, 1.82) is 0 Å². The number of methoxy groups -OCH3 is 1. The van der Waals surface area contributed by atoms with Crippen molar-refractivity contribution in [2.24, 2.45) is 0 Å². The molecule has 0 bridgehead atoms. The Kier molecular flexibility index (Phi) is 5.71. The fourth-order valence-electron chi connectivity index (χ4n) is 1.50. The highest BCUT2D eigenvalue weighted by molar-refractivity contribution is 5.28. The van der Waals surface area contributed by atoms with Gasteiger partial charge in [-0.25, -0.2) is 4.39 Å². The van der Waals surface area contributed by atoms with Gasteiger partial charge in [0.05, 0.1) is 18.3 Å². The van der Waals surface area contributed by atoms with Crippen LogP contribution in [0.2, 0.25) is 0 Å². The summed E-state index contributed by atoms with van der Waals surface area (Å²) in [5.41, 5.74) is -1.23. The normalized spacial score (nSPS) is 13.6. The molecule has 0 aromatic heterocycles. The summed E-state index contributed by atoms with van der Waals surface area (Å²) in [6, 6.07) is 2.03. The summed E-state index contributed by atoms with van der Waals surface area (Å²) in [4.78, 5) is 0. The molecule has 1 rings (SSSR count). The molecule has 0 saturated carbocycles. The van der Waals surface area contributed by atoms with Gasteiger partial charge in [-0.15, -0.1) is 0 Å². The zero-order valence-corrected chi connectivity index (χ0v) is 10.3. The number of nitrogens with one attached hydrogen (secondary N) is 1. The minimum absolute atomic E-state index is 0.0180. The molecule has 0 heterocycles. The van der Waals surface area contributed by atoms with Crippen molar-refractivity contribution in [3.05, 3.63) is 35.1 Å². The third kappa shape index (κ3) is 5.14. The van der Waals surface area contributed by atoms with E-state index in [1.165, 1.54) is 7.11 Å². The number of ether oxygens (including phenoxy) is 1. The van der Waals surface area contributed by atoms with Gasteiger partial charge in [-0.2, -0.15) is 13.2 Å². The second-order valence-electron chi connectivity index (χ2n) is 3.98. The predicted molar refractivity (Wildman–Crippen MR) is 61.1 cm³/mol. The van der Waals surface area contributed by atoms with Crippen LogP contribution in [0.15, 0.2) is 18.2 Å². The average Bonchev–Trinajstić information content (AvgIpc) is 2.32. The number of benzene rings is 1. The number of alkyl halides is 3. The summed E-state index contributed by atoms with van der Waals surface area (Å²) in [6.07, 6.45) is -5.85. The molecule has 0 radical (unpaired) electrons. The molecule has 1 unspecified atom stereocenters. The van der Waals surface area contributed by atoms with Crippen LogP contribution in [-0.4, -0.2) is 31.9 Å². The van der Waals surface area contributed by atoms with Gasteiger partial charge >= 0.3 is 6.18 Å². The summed E-state index contributed by atoms with van der Waals surface area (Å²) in [5, 5.41) is 12.5. The number of hydrogen-bond donors (Lipinski definition) is 2. The molecule has 3 nitrogen and oxygen atoms in total. The molecule has 0 aliphatic heterocycles. The molecule has 1 aromatic rings. The summed E-state index contributed by atoms with van der Waals surface area (Å²) < 4.78 is 55.3. The number of hydrogen-bond acceptors (Lipinski definition) is 3. The monoisotopic (exact) mass is 281 g/mol. The van der Waals surface area contributed by atoms with Crippen LogP contribution >= 0.6 is 0 Å². The second kappa shape index (κ2) is 6.83. The Labute approximate surface area is 108 Å². The van der Waals surface area contributed by atoms with Crippen LogP contribution in [-0.2, 0) is 10.9 Å². The van der Waals surface area contributed by atoms with Gasteiger partial charge in [-0.1, -0.05) is 0 Å². The van der Waals surface area contributed by atoms with E-state index in [4.69, 9.17) is 4.74 Å². The Balaban J connectivity index is 2.74. The van der Waals surface area contributed by atoms with E-state index < -0.39 is 23.7 Å². The molecule has 2 N–H and O–H groups in total. The van der Waals surface area contributed by atoms with E-state index in [9.17, 15) is 22.7 Å². The Bertz CT molecular complexity index is 409. The van der Waals surface area contributed by atoms with Gasteiger partial charge in [0.25, 0.3) is 0 Å². The van der Waals surface area contributed by atoms with Crippen LogP contribution in [0.1, 0.15) is 17.2 Å². The first kappa shape index (κ1) is 15.9.